The summed E-state index contributed by atoms with van der Waals surface area (Å²) in [5.41, 5.74) is 0.818. The fourth-order valence-corrected chi connectivity index (χ4v) is 3.96. The molecule has 0 spiro atoms. The minimum Gasteiger partial charge on any atom is -0.347 e. The predicted octanol–water partition coefficient (Wildman–Crippen LogP) is 2.11. The minimum atomic E-state index is 0.211. The molecule has 1 aromatic heterocycles. The van der Waals surface area contributed by atoms with Crippen molar-refractivity contribution in [1.29, 1.82) is 0 Å². The van der Waals surface area contributed by atoms with Gasteiger partial charge >= 0.3 is 0 Å². The quantitative estimate of drug-likeness (QED) is 0.845. The van der Waals surface area contributed by atoms with Crippen LogP contribution in [0.5, 0.6) is 0 Å². The lowest BCUT2D eigenvalue weighted by molar-refractivity contribution is 0.0640. The molecule has 0 aromatic carbocycles. The number of likely N-dealkylation sites (N-methyl/N-ethyl adjacent to an activating group) is 1. The van der Waals surface area contributed by atoms with E-state index in [1.807, 2.05) is 29.9 Å². The molecule has 4 nitrogen and oxygen atoms in total. The van der Waals surface area contributed by atoms with Crippen LogP contribution in [0.1, 0.15) is 43.1 Å². The molecule has 0 bridgehead atoms. The number of hydrogen-bond donors (Lipinski definition) is 0. The maximum Gasteiger partial charge on any atom is 0.270 e. The Labute approximate surface area is 121 Å². The van der Waals surface area contributed by atoms with Gasteiger partial charge in [0.25, 0.3) is 5.91 Å². The average Bonchev–Trinajstić information content (AvgIpc) is 3.17. The van der Waals surface area contributed by atoms with Crippen LogP contribution in [0.4, 0.5) is 0 Å². The van der Waals surface area contributed by atoms with Gasteiger partial charge in [0, 0.05) is 31.9 Å². The average molecular weight is 275 g/mol. The van der Waals surface area contributed by atoms with Crippen molar-refractivity contribution in [2.24, 2.45) is 7.05 Å². The molecule has 20 heavy (non-hydrogen) atoms. The van der Waals surface area contributed by atoms with Gasteiger partial charge in [-0.05, 0) is 50.9 Å². The minimum absolute atomic E-state index is 0.211. The molecule has 2 aliphatic heterocycles. The van der Waals surface area contributed by atoms with Crippen LogP contribution < -0.4 is 0 Å². The number of hydrogen-bond acceptors (Lipinski definition) is 2. The Hall–Kier alpha value is -1.29. The van der Waals surface area contributed by atoms with Crippen LogP contribution in [0.2, 0.25) is 0 Å². The summed E-state index contributed by atoms with van der Waals surface area (Å²) < 4.78 is 1.93. The standard InChI is InChI=1S/C16H25N3O/c1-3-18-11-5-7-13(18)14-8-6-12-19(14)16(20)15-9-4-10-17(15)2/h4,9-10,13-14H,3,5-8,11-12H2,1-2H3/t13-,14+/m1/s1. The van der Waals surface area contributed by atoms with Crippen molar-refractivity contribution in [2.75, 3.05) is 19.6 Å². The van der Waals surface area contributed by atoms with Gasteiger partial charge in [-0.1, -0.05) is 6.92 Å². The molecule has 3 rings (SSSR count). The number of aromatic nitrogens is 1. The van der Waals surface area contributed by atoms with E-state index >= 15 is 0 Å². The van der Waals surface area contributed by atoms with Gasteiger partial charge in [-0.25, -0.2) is 0 Å². The van der Waals surface area contributed by atoms with Gasteiger partial charge in [0.15, 0.2) is 0 Å². The number of likely N-dealkylation sites (tertiary alicyclic amines) is 2. The molecule has 1 amide bonds. The Bertz CT molecular complexity index is 482. The molecule has 0 saturated carbocycles. The van der Waals surface area contributed by atoms with Crippen molar-refractivity contribution >= 4 is 5.91 Å². The molecule has 0 aliphatic carbocycles. The fourth-order valence-electron chi connectivity index (χ4n) is 3.96. The van der Waals surface area contributed by atoms with Crippen LogP contribution in [0.25, 0.3) is 0 Å². The molecule has 1 aromatic rings. The van der Waals surface area contributed by atoms with Gasteiger partial charge in [-0.15, -0.1) is 0 Å². The van der Waals surface area contributed by atoms with Crippen molar-refractivity contribution in [3.8, 4) is 0 Å². The molecule has 2 saturated heterocycles. The van der Waals surface area contributed by atoms with E-state index in [4.69, 9.17) is 0 Å². The highest BCUT2D eigenvalue weighted by molar-refractivity contribution is 5.93. The maximum atomic E-state index is 12.8. The summed E-state index contributed by atoms with van der Waals surface area (Å²) in [6.07, 6.45) is 6.79. The summed E-state index contributed by atoms with van der Waals surface area (Å²) in [7, 11) is 1.95. The lowest BCUT2D eigenvalue weighted by atomic mass is 10.0. The summed E-state index contributed by atoms with van der Waals surface area (Å²) in [6, 6.07) is 4.88. The second-order valence-electron chi connectivity index (χ2n) is 6.05. The van der Waals surface area contributed by atoms with E-state index < -0.39 is 0 Å². The molecule has 110 valence electrons. The third-order valence-electron chi connectivity index (χ3n) is 4.99. The van der Waals surface area contributed by atoms with E-state index in [1.54, 1.807) is 0 Å². The number of amides is 1. The van der Waals surface area contributed by atoms with Gasteiger partial charge in [-0.3, -0.25) is 9.69 Å². The topological polar surface area (TPSA) is 28.5 Å². The largest absolute Gasteiger partial charge is 0.347 e. The molecular weight excluding hydrogens is 250 g/mol. The van der Waals surface area contributed by atoms with Crippen LogP contribution in [0, 0.1) is 0 Å². The van der Waals surface area contributed by atoms with E-state index in [-0.39, 0.29) is 5.91 Å². The lowest BCUT2D eigenvalue weighted by Gasteiger charge is -2.34. The van der Waals surface area contributed by atoms with Gasteiger partial charge < -0.3 is 9.47 Å². The second kappa shape index (κ2) is 5.60. The highest BCUT2D eigenvalue weighted by atomic mass is 16.2. The van der Waals surface area contributed by atoms with Crippen LogP contribution >= 0.6 is 0 Å². The Morgan fingerprint density at radius 1 is 1.25 bits per heavy atom. The van der Waals surface area contributed by atoms with Crippen molar-refractivity contribution in [1.82, 2.24) is 14.4 Å². The predicted molar refractivity (Wildman–Crippen MR) is 79.7 cm³/mol. The second-order valence-corrected chi connectivity index (χ2v) is 6.05. The zero-order valence-corrected chi connectivity index (χ0v) is 12.6. The number of rotatable bonds is 3. The van der Waals surface area contributed by atoms with Crippen LogP contribution in [-0.2, 0) is 7.05 Å². The van der Waals surface area contributed by atoms with E-state index in [0.29, 0.717) is 12.1 Å². The first-order valence-electron chi connectivity index (χ1n) is 7.88. The highest BCUT2D eigenvalue weighted by Gasteiger charge is 2.39. The molecule has 3 heterocycles. The van der Waals surface area contributed by atoms with Crippen molar-refractivity contribution in [3.05, 3.63) is 24.0 Å². The van der Waals surface area contributed by atoms with Gasteiger partial charge in [0.1, 0.15) is 5.69 Å². The molecule has 2 aliphatic rings. The molecule has 2 fully saturated rings. The summed E-state index contributed by atoms with van der Waals surface area (Å²) in [4.78, 5) is 17.5. The monoisotopic (exact) mass is 275 g/mol. The zero-order valence-electron chi connectivity index (χ0n) is 12.6. The summed E-state index contributed by atoms with van der Waals surface area (Å²) >= 11 is 0. The van der Waals surface area contributed by atoms with E-state index in [1.165, 1.54) is 19.4 Å². The molecule has 0 unspecified atom stereocenters. The first-order valence-corrected chi connectivity index (χ1v) is 7.88. The lowest BCUT2D eigenvalue weighted by Crippen LogP contribution is -2.48. The van der Waals surface area contributed by atoms with Gasteiger partial charge in [0.05, 0.1) is 0 Å². The number of carbonyl (C=O) groups excluding carboxylic acids is 1. The van der Waals surface area contributed by atoms with Gasteiger partial charge in [0.2, 0.25) is 0 Å². The summed E-state index contributed by atoms with van der Waals surface area (Å²) in [6.45, 7) is 5.45. The molecule has 2 atom stereocenters. The Balaban J connectivity index is 1.79. The highest BCUT2D eigenvalue weighted by Crippen LogP contribution is 2.30. The molecule has 0 N–H and O–H groups in total. The SMILES string of the molecule is CCN1CCC[C@@H]1[C@@H]1CCCN1C(=O)c1cccn1C. The maximum absolute atomic E-state index is 12.8. The Kier molecular flexibility index (Phi) is 3.83. The third kappa shape index (κ3) is 2.26. The smallest absolute Gasteiger partial charge is 0.270 e. The van der Waals surface area contributed by atoms with E-state index in [2.05, 4.69) is 16.7 Å². The summed E-state index contributed by atoms with van der Waals surface area (Å²) in [5, 5.41) is 0. The number of nitrogens with zero attached hydrogens (tertiary/aromatic N) is 3. The van der Waals surface area contributed by atoms with Gasteiger partial charge in [-0.2, -0.15) is 0 Å². The van der Waals surface area contributed by atoms with E-state index in [0.717, 1.165) is 31.6 Å². The Morgan fingerprint density at radius 3 is 2.70 bits per heavy atom. The first kappa shape index (κ1) is 13.7. The van der Waals surface area contributed by atoms with Crippen molar-refractivity contribution in [2.45, 2.75) is 44.7 Å². The Morgan fingerprint density at radius 2 is 2.00 bits per heavy atom. The van der Waals surface area contributed by atoms with E-state index in [9.17, 15) is 4.79 Å². The zero-order chi connectivity index (χ0) is 14.1. The van der Waals surface area contributed by atoms with Crippen molar-refractivity contribution < 1.29 is 4.79 Å². The number of aryl methyl sites for hydroxylation is 1. The molecular formula is C16H25N3O. The fraction of sp³-hybridized carbons (Fsp3) is 0.688. The summed E-state index contributed by atoms with van der Waals surface area (Å²) in [5.74, 6) is 0.211. The third-order valence-corrected chi connectivity index (χ3v) is 4.99. The molecule has 4 heteroatoms. The van der Waals surface area contributed by atoms with Crippen LogP contribution in [0.3, 0.4) is 0 Å². The normalized spacial score (nSPS) is 27.4. The van der Waals surface area contributed by atoms with Crippen molar-refractivity contribution in [3.63, 3.8) is 0 Å². The van der Waals surface area contributed by atoms with Crippen LogP contribution in [-0.4, -0.2) is 52.0 Å². The molecule has 0 radical (unpaired) electrons. The number of carbonyl (C=O) groups is 1. The van der Waals surface area contributed by atoms with Crippen LogP contribution in [0.15, 0.2) is 18.3 Å². The first-order chi connectivity index (χ1) is 9.72.